The third-order valence-corrected chi connectivity index (χ3v) is 6.46. The molecule has 4 aliphatic heterocycles. The van der Waals surface area contributed by atoms with Crippen LogP contribution in [0.1, 0.15) is 41.0 Å². The summed E-state index contributed by atoms with van der Waals surface area (Å²) in [6, 6.07) is 0. The van der Waals surface area contributed by atoms with Gasteiger partial charge < -0.3 is 19.3 Å². The van der Waals surface area contributed by atoms with Crippen LogP contribution in [0.25, 0.3) is 0 Å². The Labute approximate surface area is 146 Å². The van der Waals surface area contributed by atoms with Gasteiger partial charge in [0.2, 0.25) is 5.78 Å². The van der Waals surface area contributed by atoms with E-state index in [0.717, 1.165) is 5.57 Å². The van der Waals surface area contributed by atoms with Crippen molar-refractivity contribution in [3.05, 3.63) is 23.5 Å². The van der Waals surface area contributed by atoms with Gasteiger partial charge in [-0.3, -0.25) is 9.59 Å². The zero-order valence-corrected chi connectivity index (χ0v) is 15.2. The van der Waals surface area contributed by atoms with E-state index in [1.165, 1.54) is 6.08 Å². The number of ether oxygens (including phenoxy) is 3. The summed E-state index contributed by atoms with van der Waals surface area (Å²) >= 11 is 0. The molecule has 0 spiro atoms. The van der Waals surface area contributed by atoms with Crippen LogP contribution in [0.5, 0.6) is 0 Å². The van der Waals surface area contributed by atoms with Gasteiger partial charge in [-0.2, -0.15) is 0 Å². The monoisotopic (exact) mass is 348 g/mol. The van der Waals surface area contributed by atoms with Crippen LogP contribution in [0.15, 0.2) is 23.5 Å². The van der Waals surface area contributed by atoms with Crippen LogP contribution >= 0.6 is 0 Å². The second-order valence-corrected chi connectivity index (χ2v) is 8.37. The Morgan fingerprint density at radius 3 is 2.60 bits per heavy atom. The third kappa shape index (κ3) is 1.87. The Bertz CT molecular complexity index is 736. The highest BCUT2D eigenvalue weighted by atomic mass is 16.7. The van der Waals surface area contributed by atoms with Gasteiger partial charge in [0, 0.05) is 24.3 Å². The molecule has 0 amide bonds. The predicted octanol–water partition coefficient (Wildman–Crippen LogP) is 1.87. The number of carbonyl (C=O) groups is 2. The average Bonchev–Trinajstić information content (AvgIpc) is 3.03. The second-order valence-electron chi connectivity index (χ2n) is 8.37. The van der Waals surface area contributed by atoms with Crippen molar-refractivity contribution in [3.8, 4) is 0 Å². The van der Waals surface area contributed by atoms with Gasteiger partial charge in [-0.1, -0.05) is 13.8 Å². The third-order valence-electron chi connectivity index (χ3n) is 6.46. The highest BCUT2D eigenvalue weighted by Crippen LogP contribution is 2.60. The van der Waals surface area contributed by atoms with E-state index in [2.05, 4.69) is 0 Å². The molecule has 0 aromatic rings. The fourth-order valence-electron chi connectivity index (χ4n) is 4.86. The minimum atomic E-state index is -1.65. The lowest BCUT2D eigenvalue weighted by molar-refractivity contribution is -0.264. The summed E-state index contributed by atoms with van der Waals surface area (Å²) in [5, 5.41) is 11.3. The predicted molar refractivity (Wildman–Crippen MR) is 87.1 cm³/mol. The topological polar surface area (TPSA) is 82.1 Å². The number of carbonyl (C=O) groups excluding carboxylic acids is 2. The number of hydrogen-bond donors (Lipinski definition) is 1. The minimum absolute atomic E-state index is 0.121. The van der Waals surface area contributed by atoms with E-state index in [9.17, 15) is 14.7 Å². The quantitative estimate of drug-likeness (QED) is 0.729. The molecular formula is C19H24O6. The summed E-state index contributed by atoms with van der Waals surface area (Å²) in [5.74, 6) is -2.41. The first-order valence-corrected chi connectivity index (χ1v) is 8.78. The number of fused-ring (bicyclic) bond motifs is 2. The van der Waals surface area contributed by atoms with Crippen molar-refractivity contribution in [2.24, 2.45) is 17.3 Å². The van der Waals surface area contributed by atoms with E-state index in [0.29, 0.717) is 5.76 Å². The summed E-state index contributed by atoms with van der Waals surface area (Å²) in [6.07, 6.45) is 2.52. The van der Waals surface area contributed by atoms with Crippen LogP contribution in [-0.2, 0) is 23.8 Å². The highest BCUT2D eigenvalue weighted by Gasteiger charge is 2.74. The number of allylic oxidation sites excluding steroid dienone is 1. The number of aliphatic hydroxyl groups is 1. The van der Waals surface area contributed by atoms with E-state index >= 15 is 0 Å². The summed E-state index contributed by atoms with van der Waals surface area (Å²) in [5.41, 5.74) is -1.50. The SMILES string of the molecule is CC1=C[C@H]2OC(=O)[C@@]3(C)[C@@H]2[C@H](CC2(C)OC1=CC2=O)O[C@]3(O)C(C)C. The number of hydrogen-bond acceptors (Lipinski definition) is 6. The van der Waals surface area contributed by atoms with Crippen LogP contribution in [0, 0.1) is 17.3 Å². The van der Waals surface area contributed by atoms with Gasteiger partial charge in [-0.05, 0) is 32.4 Å². The Balaban J connectivity index is 1.89. The van der Waals surface area contributed by atoms with E-state index in [-0.39, 0.29) is 24.0 Å². The number of ketones is 1. The molecule has 2 fully saturated rings. The zero-order valence-electron chi connectivity index (χ0n) is 15.2. The van der Waals surface area contributed by atoms with Crippen LogP contribution < -0.4 is 0 Å². The standard InChI is InChI=1S/C19H24O6/c1-9(2)19(22)18(5)15-12(23-16(18)21)6-10(3)11-7-14(20)17(4,24-11)8-13(15)25-19/h6-7,9,12-13,15,22H,8H2,1-5H3/t12-,13+,15+,17?,18-,19-/m1/s1. The molecule has 136 valence electrons. The fourth-order valence-corrected chi connectivity index (χ4v) is 4.86. The van der Waals surface area contributed by atoms with Crippen molar-refractivity contribution in [2.75, 3.05) is 0 Å². The van der Waals surface area contributed by atoms with Crippen molar-refractivity contribution in [1.29, 1.82) is 0 Å². The molecule has 0 radical (unpaired) electrons. The molecule has 4 aliphatic rings. The molecule has 25 heavy (non-hydrogen) atoms. The lowest BCUT2D eigenvalue weighted by atomic mass is 9.66. The largest absolute Gasteiger partial charge is 0.479 e. The Morgan fingerprint density at radius 1 is 1.28 bits per heavy atom. The highest BCUT2D eigenvalue weighted by molar-refractivity contribution is 6.00. The first-order chi connectivity index (χ1) is 11.5. The summed E-state index contributed by atoms with van der Waals surface area (Å²) in [6.45, 7) is 8.91. The molecule has 2 bridgehead atoms. The molecule has 6 nitrogen and oxygen atoms in total. The molecule has 0 aromatic carbocycles. The van der Waals surface area contributed by atoms with Crippen molar-refractivity contribution in [1.82, 2.24) is 0 Å². The van der Waals surface area contributed by atoms with E-state index in [1.54, 1.807) is 13.8 Å². The molecule has 6 heteroatoms. The first kappa shape index (κ1) is 16.8. The van der Waals surface area contributed by atoms with Crippen molar-refractivity contribution >= 4 is 11.8 Å². The maximum absolute atomic E-state index is 12.8. The van der Waals surface area contributed by atoms with E-state index < -0.39 is 35.0 Å². The Morgan fingerprint density at radius 2 is 1.96 bits per heavy atom. The van der Waals surface area contributed by atoms with Gasteiger partial charge in [-0.15, -0.1) is 0 Å². The summed E-state index contributed by atoms with van der Waals surface area (Å²) < 4.78 is 17.7. The van der Waals surface area contributed by atoms with E-state index in [4.69, 9.17) is 14.2 Å². The van der Waals surface area contributed by atoms with Crippen LogP contribution in [0.2, 0.25) is 0 Å². The van der Waals surface area contributed by atoms with Crippen LogP contribution in [-0.4, -0.2) is 40.5 Å². The Hall–Kier alpha value is -1.66. The molecule has 6 atom stereocenters. The molecular weight excluding hydrogens is 324 g/mol. The van der Waals surface area contributed by atoms with Gasteiger partial charge in [0.15, 0.2) is 11.4 Å². The van der Waals surface area contributed by atoms with Crippen molar-refractivity contribution < 1.29 is 28.9 Å². The van der Waals surface area contributed by atoms with Gasteiger partial charge in [0.05, 0.1) is 6.10 Å². The molecule has 4 rings (SSSR count). The Kier molecular flexibility index (Phi) is 3.18. The molecule has 2 saturated heterocycles. The normalized spacial score (nSPS) is 48.2. The molecule has 4 heterocycles. The van der Waals surface area contributed by atoms with Crippen molar-refractivity contribution in [3.63, 3.8) is 0 Å². The van der Waals surface area contributed by atoms with Crippen LogP contribution in [0.4, 0.5) is 0 Å². The molecule has 1 N–H and O–H groups in total. The summed E-state index contributed by atoms with van der Waals surface area (Å²) in [4.78, 5) is 25.3. The maximum Gasteiger partial charge on any atom is 0.318 e. The first-order valence-electron chi connectivity index (χ1n) is 8.78. The van der Waals surface area contributed by atoms with E-state index in [1.807, 2.05) is 26.8 Å². The minimum Gasteiger partial charge on any atom is -0.479 e. The molecule has 0 aliphatic carbocycles. The summed E-state index contributed by atoms with van der Waals surface area (Å²) in [7, 11) is 0. The smallest absolute Gasteiger partial charge is 0.318 e. The van der Waals surface area contributed by atoms with Gasteiger partial charge in [0.25, 0.3) is 0 Å². The molecule has 0 aromatic heterocycles. The average molecular weight is 348 g/mol. The van der Waals surface area contributed by atoms with Gasteiger partial charge in [0.1, 0.15) is 17.3 Å². The van der Waals surface area contributed by atoms with Gasteiger partial charge in [-0.25, -0.2) is 0 Å². The second kappa shape index (κ2) is 4.74. The molecule has 0 saturated carbocycles. The van der Waals surface area contributed by atoms with Crippen molar-refractivity contribution in [2.45, 2.75) is 64.6 Å². The molecule has 1 unspecified atom stereocenters. The zero-order chi connectivity index (χ0) is 18.4. The lowest BCUT2D eigenvalue weighted by Crippen LogP contribution is -2.52. The number of rotatable bonds is 1. The maximum atomic E-state index is 12.8. The van der Waals surface area contributed by atoms with Crippen LogP contribution in [0.3, 0.4) is 0 Å². The fraction of sp³-hybridized carbons (Fsp3) is 0.684. The lowest BCUT2D eigenvalue weighted by Gasteiger charge is -2.37. The van der Waals surface area contributed by atoms with Gasteiger partial charge >= 0.3 is 5.97 Å². The number of esters is 1.